The van der Waals surface area contributed by atoms with Crippen molar-refractivity contribution < 1.29 is 0 Å². The van der Waals surface area contributed by atoms with Gasteiger partial charge in [-0.3, -0.25) is 0 Å². The van der Waals surface area contributed by atoms with Gasteiger partial charge < -0.3 is 0 Å². The van der Waals surface area contributed by atoms with Crippen molar-refractivity contribution in [1.29, 1.82) is 0 Å². The van der Waals surface area contributed by atoms with Crippen LogP contribution < -0.4 is 0 Å². The number of allylic oxidation sites excluding steroid dienone is 1. The molecule has 0 nitrogen and oxygen atoms in total. The monoisotopic (exact) mass is 230 g/mol. The van der Waals surface area contributed by atoms with Gasteiger partial charge >= 0.3 is 0 Å². The molecule has 0 aromatic heterocycles. The molecule has 1 unspecified atom stereocenters. The summed E-state index contributed by atoms with van der Waals surface area (Å²) in [5, 5.41) is 0. The van der Waals surface area contributed by atoms with Gasteiger partial charge in [-0.1, -0.05) is 80.7 Å². The molecule has 0 fully saturated rings. The minimum atomic E-state index is 0.882. The molecule has 0 aromatic rings. The molecule has 0 heteroatoms. The maximum Gasteiger partial charge on any atom is -0.0351 e. The van der Waals surface area contributed by atoms with Gasteiger partial charge in [0.1, 0.15) is 0 Å². The average Bonchev–Trinajstić information content (AvgIpc) is 2.40. The summed E-state index contributed by atoms with van der Waals surface area (Å²) in [5.41, 5.74) is 0. The van der Waals surface area contributed by atoms with Gasteiger partial charge in [-0.15, -0.1) is 6.58 Å². The molecule has 0 saturated carbocycles. The van der Waals surface area contributed by atoms with Crippen LogP contribution in [-0.2, 0) is 0 Å². The first-order chi connectivity index (χ1) is 7.72. The summed E-state index contributed by atoms with van der Waals surface area (Å²) in [6.45, 7) is 20.5. The van der Waals surface area contributed by atoms with Crippen LogP contribution in [0.15, 0.2) is 12.7 Å². The van der Waals surface area contributed by atoms with Crippen molar-refractivity contribution in [2.45, 2.75) is 87.5 Å². The lowest BCUT2D eigenvalue weighted by atomic mass is 10.0. The van der Waals surface area contributed by atoms with E-state index in [0.29, 0.717) is 0 Å². The molecule has 0 bridgehead atoms. The first-order valence-electron chi connectivity index (χ1n) is 7.33. The number of unbranched alkanes of at least 4 members (excludes halogenated alkanes) is 1. The van der Waals surface area contributed by atoms with Crippen molar-refractivity contribution in [3.63, 3.8) is 0 Å². The van der Waals surface area contributed by atoms with Crippen molar-refractivity contribution in [2.75, 3.05) is 0 Å². The highest BCUT2D eigenvalue weighted by Crippen LogP contribution is 2.08. The van der Waals surface area contributed by atoms with Gasteiger partial charge in [0.25, 0.3) is 0 Å². The molecule has 0 N–H and O–H groups in total. The van der Waals surface area contributed by atoms with Crippen molar-refractivity contribution >= 4 is 0 Å². The van der Waals surface area contributed by atoms with Crippen LogP contribution in [0.5, 0.6) is 0 Å². The predicted molar refractivity (Wildman–Crippen MR) is 82.2 cm³/mol. The van der Waals surface area contributed by atoms with Crippen LogP contribution in [-0.4, -0.2) is 0 Å². The zero-order chi connectivity index (χ0) is 13.8. The third-order valence-corrected chi connectivity index (χ3v) is 2.06. The van der Waals surface area contributed by atoms with Gasteiger partial charge in [-0.25, -0.2) is 0 Å². The molecule has 0 radical (unpaired) electrons. The van der Waals surface area contributed by atoms with E-state index in [2.05, 4.69) is 34.3 Å². The van der Waals surface area contributed by atoms with Gasteiger partial charge in [0.05, 0.1) is 0 Å². The van der Waals surface area contributed by atoms with E-state index in [4.69, 9.17) is 0 Å². The quantitative estimate of drug-likeness (QED) is 0.453. The third-order valence-electron chi connectivity index (χ3n) is 2.06. The van der Waals surface area contributed by atoms with Crippen LogP contribution in [0.3, 0.4) is 0 Å². The highest BCUT2D eigenvalue weighted by molar-refractivity contribution is 4.67. The molecule has 102 valence electrons. The molecule has 0 amide bonds. The van der Waals surface area contributed by atoms with Gasteiger partial charge in [0.2, 0.25) is 0 Å². The van der Waals surface area contributed by atoms with E-state index in [1.807, 2.05) is 33.8 Å². The van der Waals surface area contributed by atoms with Crippen LogP contribution in [0.4, 0.5) is 0 Å². The minimum absolute atomic E-state index is 0.882. The highest BCUT2D eigenvalue weighted by atomic mass is 14.0. The second-order valence-corrected chi connectivity index (χ2v) is 3.38. The largest absolute Gasteiger partial charge is 0.103 e. The van der Waals surface area contributed by atoms with Crippen LogP contribution in [0.25, 0.3) is 0 Å². The number of rotatable bonds is 5. The molecular formula is C16H38. The zero-order valence-electron chi connectivity index (χ0n) is 13.4. The van der Waals surface area contributed by atoms with E-state index in [-0.39, 0.29) is 0 Å². The van der Waals surface area contributed by atoms with Crippen LogP contribution in [0.2, 0.25) is 0 Å². The third kappa shape index (κ3) is 49.1. The summed E-state index contributed by atoms with van der Waals surface area (Å²) in [7, 11) is 0. The Hall–Kier alpha value is -0.260. The predicted octanol–water partition coefficient (Wildman–Crippen LogP) is 6.86. The first-order valence-corrected chi connectivity index (χ1v) is 7.33. The maximum atomic E-state index is 3.67. The lowest BCUT2D eigenvalue weighted by molar-refractivity contribution is 0.522. The molecule has 1 atom stereocenters. The first kappa shape index (κ1) is 24.8. The highest BCUT2D eigenvalue weighted by Gasteiger charge is 1.93. The Kier molecular flexibility index (Phi) is 56.5. The summed E-state index contributed by atoms with van der Waals surface area (Å²) < 4.78 is 0. The molecule has 0 rings (SSSR count). The van der Waals surface area contributed by atoms with Crippen molar-refractivity contribution in [3.05, 3.63) is 12.7 Å². The molecule has 0 heterocycles. The number of hydrogen-bond donors (Lipinski definition) is 0. The lowest BCUT2D eigenvalue weighted by Gasteiger charge is -2.03. The maximum absolute atomic E-state index is 3.67. The minimum Gasteiger partial charge on any atom is -0.103 e. The molecular weight excluding hydrogens is 192 g/mol. The van der Waals surface area contributed by atoms with E-state index in [9.17, 15) is 0 Å². The second kappa shape index (κ2) is 36.4. The van der Waals surface area contributed by atoms with Crippen LogP contribution in [0, 0.1) is 5.92 Å². The lowest BCUT2D eigenvalue weighted by Crippen LogP contribution is -1.88. The fraction of sp³-hybridized carbons (Fsp3) is 0.875. The Labute approximate surface area is 107 Å². The Balaban J connectivity index is -0.0000000761. The summed E-state index contributed by atoms with van der Waals surface area (Å²) in [6, 6.07) is 0. The Bertz CT molecular complexity index is 72.1. The number of hydrogen-bond acceptors (Lipinski definition) is 0. The Morgan fingerprint density at radius 2 is 1.31 bits per heavy atom. The van der Waals surface area contributed by atoms with Gasteiger partial charge in [0, 0.05) is 0 Å². The summed E-state index contributed by atoms with van der Waals surface area (Å²) >= 11 is 0. The summed E-state index contributed by atoms with van der Waals surface area (Å²) in [5.74, 6) is 0.882. The molecule has 0 spiro atoms. The van der Waals surface area contributed by atoms with Crippen LogP contribution >= 0.6 is 0 Å². The van der Waals surface area contributed by atoms with Crippen LogP contribution in [0.1, 0.15) is 87.5 Å². The van der Waals surface area contributed by atoms with E-state index >= 15 is 0 Å². The summed E-state index contributed by atoms with van der Waals surface area (Å²) in [4.78, 5) is 0. The molecule has 0 aromatic carbocycles. The second-order valence-electron chi connectivity index (χ2n) is 3.38. The average molecular weight is 230 g/mol. The molecule has 0 aliphatic rings. The van der Waals surface area contributed by atoms with E-state index in [0.717, 1.165) is 5.92 Å². The van der Waals surface area contributed by atoms with Gasteiger partial charge in [-0.2, -0.15) is 0 Å². The topological polar surface area (TPSA) is 0 Å². The summed E-state index contributed by atoms with van der Waals surface area (Å²) in [6.07, 6.45) is 8.41. The molecule has 0 aliphatic heterocycles. The molecule has 16 heavy (non-hydrogen) atoms. The standard InChI is InChI=1S/C8H16.C4H10.2C2H6/c1-4-6-7-8(3)5-2;1-3-4-2;2*1-2/h4,8H,1,5-7H2,2-3H3;3-4H2,1-2H3;2*1-2H3. The molecule has 0 aliphatic carbocycles. The van der Waals surface area contributed by atoms with Gasteiger partial charge in [-0.05, 0) is 18.8 Å². The Morgan fingerprint density at radius 3 is 1.50 bits per heavy atom. The fourth-order valence-corrected chi connectivity index (χ4v) is 0.606. The smallest absolute Gasteiger partial charge is 0.0351 e. The van der Waals surface area contributed by atoms with E-state index in [1.54, 1.807) is 0 Å². The fourth-order valence-electron chi connectivity index (χ4n) is 0.606. The van der Waals surface area contributed by atoms with Crippen molar-refractivity contribution in [1.82, 2.24) is 0 Å². The Morgan fingerprint density at radius 1 is 0.938 bits per heavy atom. The van der Waals surface area contributed by atoms with Crippen molar-refractivity contribution in [3.8, 4) is 0 Å². The van der Waals surface area contributed by atoms with E-state index < -0.39 is 0 Å². The zero-order valence-corrected chi connectivity index (χ0v) is 13.4. The van der Waals surface area contributed by atoms with E-state index in [1.165, 1.54) is 32.1 Å². The normalized spacial score (nSPS) is 9.25. The van der Waals surface area contributed by atoms with Crippen molar-refractivity contribution in [2.24, 2.45) is 5.92 Å². The molecule has 0 saturated heterocycles. The SMILES string of the molecule is C=CCCC(C)CC.CC.CC.CCCC. The van der Waals surface area contributed by atoms with Gasteiger partial charge in [0.15, 0.2) is 0 Å².